The summed E-state index contributed by atoms with van der Waals surface area (Å²) in [6.45, 7) is 1.94. The van der Waals surface area contributed by atoms with Gasteiger partial charge in [-0.15, -0.1) is 11.3 Å². The van der Waals surface area contributed by atoms with Crippen LogP contribution in [-0.2, 0) is 15.6 Å². The normalized spacial score (nSPS) is 17.8. The summed E-state index contributed by atoms with van der Waals surface area (Å²) < 4.78 is 28.0. The highest BCUT2D eigenvalue weighted by atomic mass is 32.2. The summed E-state index contributed by atoms with van der Waals surface area (Å²) in [6.07, 6.45) is 5.27. The van der Waals surface area contributed by atoms with Gasteiger partial charge in [-0.2, -0.15) is 4.72 Å². The summed E-state index contributed by atoms with van der Waals surface area (Å²) in [5.74, 6) is 0. The van der Waals surface area contributed by atoms with Crippen LogP contribution in [0, 0.1) is 6.92 Å². The van der Waals surface area contributed by atoms with E-state index in [9.17, 15) is 8.42 Å². The minimum absolute atomic E-state index is 0.543. The third-order valence-electron chi connectivity index (χ3n) is 4.06. The van der Waals surface area contributed by atoms with Gasteiger partial charge in [-0.3, -0.25) is 0 Å². The molecule has 0 spiro atoms. The lowest BCUT2D eigenvalue weighted by atomic mass is 10.0. The predicted molar refractivity (Wildman–Crippen MR) is 94.5 cm³/mol. The van der Waals surface area contributed by atoms with E-state index in [4.69, 9.17) is 0 Å². The maximum Gasteiger partial charge on any atom is 0.234 e. The summed E-state index contributed by atoms with van der Waals surface area (Å²) in [6, 6.07) is 9.43. The third kappa shape index (κ3) is 3.88. The highest BCUT2D eigenvalue weighted by Gasteiger charge is 2.40. The van der Waals surface area contributed by atoms with Crippen molar-refractivity contribution in [3.8, 4) is 0 Å². The molecule has 1 aromatic carbocycles. The number of benzene rings is 1. The van der Waals surface area contributed by atoms with Crippen LogP contribution in [0.5, 0.6) is 0 Å². The first-order chi connectivity index (χ1) is 11.0. The van der Waals surface area contributed by atoms with Crippen LogP contribution in [-0.4, -0.2) is 13.4 Å². The number of sulfonamides is 1. The van der Waals surface area contributed by atoms with Gasteiger partial charge < -0.3 is 0 Å². The summed E-state index contributed by atoms with van der Waals surface area (Å²) >= 11 is 1.54. The second-order valence-corrected chi connectivity index (χ2v) is 8.37. The maximum absolute atomic E-state index is 12.5. The second kappa shape index (κ2) is 6.55. The van der Waals surface area contributed by atoms with E-state index in [1.807, 2.05) is 42.6 Å². The number of hydrogen-bond acceptors (Lipinski definition) is 4. The molecule has 1 aliphatic carbocycles. The van der Waals surface area contributed by atoms with E-state index in [-0.39, 0.29) is 0 Å². The van der Waals surface area contributed by atoms with Crippen molar-refractivity contribution in [2.45, 2.75) is 38.1 Å². The Labute approximate surface area is 141 Å². The van der Waals surface area contributed by atoms with E-state index in [1.165, 1.54) is 16.7 Å². The van der Waals surface area contributed by atoms with Gasteiger partial charge in [-0.1, -0.05) is 43.2 Å². The summed E-state index contributed by atoms with van der Waals surface area (Å²) in [5.41, 5.74) is 1.26. The van der Waals surface area contributed by atoms with Crippen molar-refractivity contribution >= 4 is 27.4 Å². The molecule has 1 fully saturated rings. The fourth-order valence-electron chi connectivity index (χ4n) is 2.95. The lowest BCUT2D eigenvalue weighted by Crippen LogP contribution is -2.42. The van der Waals surface area contributed by atoms with Gasteiger partial charge in [0.25, 0.3) is 0 Å². The number of nitrogens with one attached hydrogen (secondary N) is 1. The van der Waals surface area contributed by atoms with E-state index in [0.717, 1.165) is 41.9 Å². The Morgan fingerprint density at radius 1 is 1.22 bits per heavy atom. The molecule has 1 aliphatic rings. The summed E-state index contributed by atoms with van der Waals surface area (Å²) in [7, 11) is -3.52. The predicted octanol–water partition coefficient (Wildman–Crippen LogP) is 3.81. The van der Waals surface area contributed by atoms with Crippen molar-refractivity contribution in [1.29, 1.82) is 0 Å². The van der Waals surface area contributed by atoms with Gasteiger partial charge in [-0.05, 0) is 31.4 Å². The van der Waals surface area contributed by atoms with Crippen molar-refractivity contribution in [2.24, 2.45) is 0 Å². The van der Waals surface area contributed by atoms with Crippen LogP contribution >= 0.6 is 11.3 Å². The van der Waals surface area contributed by atoms with E-state index in [0.29, 0.717) is 0 Å². The zero-order valence-electron chi connectivity index (χ0n) is 13.0. The minimum Gasteiger partial charge on any atom is -0.245 e. The van der Waals surface area contributed by atoms with E-state index < -0.39 is 15.6 Å². The number of aryl methyl sites for hydroxylation is 1. The Hall–Kier alpha value is -1.50. The molecular formula is C17H20N2O2S2. The molecule has 1 aromatic heterocycles. The molecular weight excluding hydrogens is 328 g/mol. The molecule has 6 heteroatoms. The van der Waals surface area contributed by atoms with E-state index >= 15 is 0 Å². The second-order valence-electron chi connectivity index (χ2n) is 5.94. The standard InChI is InChI=1S/C17H20N2O2S2/c1-14-13-22-16(18-14)17(10-5-6-11-17)19-23(20,21)12-9-15-7-3-2-4-8-15/h2-4,7-9,12-13,19H,5-6,10-11H2,1H3/b12-9+. The molecule has 122 valence electrons. The van der Waals surface area contributed by atoms with Crippen molar-refractivity contribution in [1.82, 2.24) is 9.71 Å². The van der Waals surface area contributed by atoms with Gasteiger partial charge in [0.1, 0.15) is 5.01 Å². The highest BCUT2D eigenvalue weighted by molar-refractivity contribution is 7.92. The quantitative estimate of drug-likeness (QED) is 0.894. The molecule has 1 N–H and O–H groups in total. The maximum atomic E-state index is 12.5. The summed E-state index contributed by atoms with van der Waals surface area (Å²) in [4.78, 5) is 4.53. The van der Waals surface area contributed by atoms with Gasteiger partial charge >= 0.3 is 0 Å². The van der Waals surface area contributed by atoms with Crippen LogP contribution in [0.25, 0.3) is 6.08 Å². The molecule has 2 aromatic rings. The van der Waals surface area contributed by atoms with Crippen molar-refractivity contribution < 1.29 is 8.42 Å². The van der Waals surface area contributed by atoms with Crippen LogP contribution in [0.15, 0.2) is 41.1 Å². The van der Waals surface area contributed by atoms with Crippen LogP contribution in [0.2, 0.25) is 0 Å². The molecule has 0 unspecified atom stereocenters. The lowest BCUT2D eigenvalue weighted by molar-refractivity contribution is 0.404. The molecule has 1 heterocycles. The molecule has 1 saturated carbocycles. The van der Waals surface area contributed by atoms with Crippen molar-refractivity contribution in [2.75, 3.05) is 0 Å². The summed E-state index contributed by atoms with van der Waals surface area (Å²) in [5, 5.41) is 4.11. The average Bonchev–Trinajstić information content (AvgIpc) is 3.16. The Morgan fingerprint density at radius 3 is 2.52 bits per heavy atom. The molecule has 0 saturated heterocycles. The first-order valence-corrected chi connectivity index (χ1v) is 10.1. The number of hydrogen-bond donors (Lipinski definition) is 1. The van der Waals surface area contributed by atoms with Crippen molar-refractivity contribution in [3.05, 3.63) is 57.4 Å². The topological polar surface area (TPSA) is 59.1 Å². The Morgan fingerprint density at radius 2 is 1.91 bits per heavy atom. The van der Waals surface area contributed by atoms with Gasteiger partial charge in [-0.25, -0.2) is 13.4 Å². The van der Waals surface area contributed by atoms with Crippen LogP contribution in [0.3, 0.4) is 0 Å². The minimum atomic E-state index is -3.52. The number of rotatable bonds is 5. The SMILES string of the molecule is Cc1csc(C2(NS(=O)(=O)/C=C/c3ccccc3)CCCC2)n1. The largest absolute Gasteiger partial charge is 0.245 e. The van der Waals surface area contributed by atoms with Crippen LogP contribution in [0.4, 0.5) is 0 Å². The molecule has 3 rings (SSSR count). The Balaban J connectivity index is 1.84. The highest BCUT2D eigenvalue weighted by Crippen LogP contribution is 2.40. The third-order valence-corrected chi connectivity index (χ3v) is 6.40. The number of nitrogens with zero attached hydrogens (tertiary/aromatic N) is 1. The molecule has 0 atom stereocenters. The zero-order valence-corrected chi connectivity index (χ0v) is 14.7. The van der Waals surface area contributed by atoms with Gasteiger partial charge in [0, 0.05) is 16.5 Å². The lowest BCUT2D eigenvalue weighted by Gasteiger charge is -2.27. The number of aromatic nitrogens is 1. The number of thiazole rings is 1. The fraction of sp³-hybridized carbons (Fsp3) is 0.353. The smallest absolute Gasteiger partial charge is 0.234 e. The molecule has 0 radical (unpaired) electrons. The van der Waals surface area contributed by atoms with Crippen LogP contribution < -0.4 is 4.72 Å². The molecule has 0 bridgehead atoms. The van der Waals surface area contributed by atoms with Gasteiger partial charge in [0.15, 0.2) is 0 Å². The van der Waals surface area contributed by atoms with E-state index in [2.05, 4.69) is 9.71 Å². The fourth-order valence-corrected chi connectivity index (χ4v) is 5.28. The van der Waals surface area contributed by atoms with E-state index in [1.54, 1.807) is 6.08 Å². The van der Waals surface area contributed by atoms with Gasteiger partial charge in [0.05, 0.1) is 5.54 Å². The molecule has 0 aliphatic heterocycles. The molecule has 4 nitrogen and oxygen atoms in total. The Kier molecular flexibility index (Phi) is 4.66. The first-order valence-electron chi connectivity index (χ1n) is 7.69. The Bertz CT molecular complexity index is 789. The first kappa shape index (κ1) is 16.4. The van der Waals surface area contributed by atoms with Crippen LogP contribution in [0.1, 0.15) is 41.9 Å². The molecule has 23 heavy (non-hydrogen) atoms. The zero-order chi connectivity index (χ0) is 16.3. The monoisotopic (exact) mass is 348 g/mol. The van der Waals surface area contributed by atoms with Crippen molar-refractivity contribution in [3.63, 3.8) is 0 Å². The van der Waals surface area contributed by atoms with Gasteiger partial charge in [0.2, 0.25) is 10.0 Å². The average molecular weight is 348 g/mol. The molecule has 0 amide bonds.